The molecule has 0 aliphatic carbocycles. The number of hydrogen-bond acceptors (Lipinski definition) is 10. The van der Waals surface area contributed by atoms with Crippen molar-refractivity contribution in [3.05, 3.63) is 505 Å². The van der Waals surface area contributed by atoms with E-state index in [0.717, 1.165) is 112 Å². The maximum absolute atomic E-state index is 6.96. The van der Waals surface area contributed by atoms with Gasteiger partial charge in [-0.3, -0.25) is 29.9 Å². The molecule has 0 saturated heterocycles. The number of benzene rings is 14. The lowest BCUT2D eigenvalue weighted by Gasteiger charge is -2.40. The molecular formula is C119H83N7O2SSi3. The fourth-order valence-corrected chi connectivity index (χ4v) is 36.8. The molecule has 0 radical (unpaired) electrons. The average Bonchev–Trinajstić information content (AvgIpc) is 0.710. The molecular weight excluding hydrogens is 1680 g/mol. The molecule has 14 aromatic carbocycles. The van der Waals surface area contributed by atoms with Crippen LogP contribution in [0.25, 0.3) is 100 Å². The van der Waals surface area contributed by atoms with E-state index in [1.54, 1.807) is 12.4 Å². The van der Waals surface area contributed by atoms with Crippen LogP contribution in [-0.4, -0.2) is 59.1 Å². The molecule has 0 saturated carbocycles. The minimum Gasteiger partial charge on any atom is -0.457 e. The van der Waals surface area contributed by atoms with Crippen LogP contribution in [-0.2, 0) is 0 Å². The third-order valence-electron chi connectivity index (χ3n) is 25.5. The highest BCUT2D eigenvalue weighted by Gasteiger charge is 2.51. The van der Waals surface area contributed by atoms with Gasteiger partial charge >= 0.3 is 0 Å². The maximum atomic E-state index is 6.96. The van der Waals surface area contributed by atoms with Crippen LogP contribution in [0.2, 0.25) is 0 Å². The standard InChI is InChI=1S/C40H28N2OSi.C40H28N2SSi.C39H27N3OSi/c2*1-3-14-34(15-4-1)44(35-16-5-2-6-17-35)38-20-8-7-19-37(38)43-40-36(18-9-21-39(40)44)33-25-31(29-12-10-22-41-27-29)24-32(26-33)30-13-11-23-42-28-30;1-3-14-31(15-4-1)44(32-16-5-2-6-17-32)37-20-8-7-19-36(37)43-39-33(18-9-21-38(39)44)30-24-34(28-12-10-22-40-26-28)42-35(25-30)29-13-11-23-41-27-29/h2*1-28H;1-27H. The van der Waals surface area contributed by atoms with Gasteiger partial charge in [-0.15, -0.1) is 0 Å². The Hall–Kier alpha value is -16.3. The lowest BCUT2D eigenvalue weighted by Crippen LogP contribution is -2.76. The Morgan fingerprint density at radius 2 is 0.455 bits per heavy atom. The van der Waals surface area contributed by atoms with Crippen molar-refractivity contribution in [2.75, 3.05) is 0 Å². The lowest BCUT2D eigenvalue weighted by molar-refractivity contribution is 0.488. The summed E-state index contributed by atoms with van der Waals surface area (Å²) in [5, 5.41) is 16.0. The van der Waals surface area contributed by atoms with Crippen molar-refractivity contribution in [3.8, 4) is 123 Å². The van der Waals surface area contributed by atoms with E-state index in [0.29, 0.717) is 0 Å². The highest BCUT2D eigenvalue weighted by Crippen LogP contribution is 2.46. The molecule has 24 rings (SSSR count). The molecule has 0 amide bonds. The van der Waals surface area contributed by atoms with Gasteiger partial charge < -0.3 is 9.47 Å². The van der Waals surface area contributed by atoms with Crippen molar-refractivity contribution >= 4 is 98.2 Å². The first-order valence-corrected chi connectivity index (χ1v) is 51.1. The fourth-order valence-electron chi connectivity index (χ4n) is 19.7. The van der Waals surface area contributed by atoms with Crippen LogP contribution < -0.4 is 71.7 Å². The molecule has 7 aromatic heterocycles. The first-order chi connectivity index (χ1) is 65.5. The smallest absolute Gasteiger partial charge is 0.188 e. The number of aromatic nitrogens is 7. The zero-order chi connectivity index (χ0) is 88.0. The quantitative estimate of drug-likeness (QED) is 0.0921. The van der Waals surface area contributed by atoms with Crippen LogP contribution in [0.15, 0.2) is 515 Å². The van der Waals surface area contributed by atoms with Crippen molar-refractivity contribution in [3.63, 3.8) is 0 Å². The third-order valence-corrected chi connectivity index (χ3v) is 41.6. The summed E-state index contributed by atoms with van der Waals surface area (Å²) in [5.41, 5.74) is 19.0. The van der Waals surface area contributed by atoms with Gasteiger partial charge in [0, 0.05) is 129 Å². The summed E-state index contributed by atoms with van der Waals surface area (Å²) >= 11 is 1.91. The molecule has 132 heavy (non-hydrogen) atoms. The minimum atomic E-state index is -2.76. The topological polar surface area (TPSA) is 109 Å². The number of rotatable bonds is 15. The van der Waals surface area contributed by atoms with Crippen LogP contribution in [0.4, 0.5) is 0 Å². The second kappa shape index (κ2) is 36.1. The van der Waals surface area contributed by atoms with Gasteiger partial charge in [0.15, 0.2) is 24.2 Å². The molecule has 21 aromatic rings. The summed E-state index contributed by atoms with van der Waals surface area (Å²) < 4.78 is 13.9. The Kier molecular flexibility index (Phi) is 22.3. The second-order valence-corrected chi connectivity index (χ2v) is 45.2. The molecule has 10 heterocycles. The van der Waals surface area contributed by atoms with Gasteiger partial charge in [0.2, 0.25) is 0 Å². The predicted molar refractivity (Wildman–Crippen MR) is 548 cm³/mol. The SMILES string of the molecule is c1ccc([Si]2(c3ccccc3)c3ccccc3Oc3c(-c4cc(-c5cccnc5)cc(-c5cccnc5)c4)cccc32)cc1.c1ccc([Si]2(c3ccccc3)c3ccccc3Oc3c(-c4cc(-c5cccnc5)nc(-c5cccnc5)c4)cccc32)cc1.c1ccc([Si]2(c3ccccc3)c3ccccc3Sc3c(-c4cc(-c5cccnc5)cc(-c5cccnc5)c4)cccc32)cc1. The number of nitrogens with zero attached hydrogens (tertiary/aromatic N) is 7. The zero-order valence-corrected chi connectivity index (χ0v) is 75.6. The van der Waals surface area contributed by atoms with Crippen LogP contribution in [0.3, 0.4) is 0 Å². The highest BCUT2D eigenvalue weighted by atomic mass is 32.2. The molecule has 624 valence electrons. The molecule has 0 atom stereocenters. The van der Waals surface area contributed by atoms with Crippen molar-refractivity contribution in [1.29, 1.82) is 0 Å². The summed E-state index contributed by atoms with van der Waals surface area (Å²) in [6.07, 6.45) is 22.3. The van der Waals surface area contributed by atoms with Gasteiger partial charge in [0.05, 0.1) is 11.4 Å². The average molecular weight is 1760 g/mol. The van der Waals surface area contributed by atoms with Gasteiger partial charge in [-0.2, -0.15) is 0 Å². The van der Waals surface area contributed by atoms with Crippen LogP contribution in [0.5, 0.6) is 23.0 Å². The summed E-state index contributed by atoms with van der Waals surface area (Å²) in [7, 11) is -8.13. The minimum absolute atomic E-state index is 0.845. The van der Waals surface area contributed by atoms with Crippen LogP contribution >= 0.6 is 11.8 Å². The lowest BCUT2D eigenvalue weighted by atomic mass is 9.94. The molecule has 13 heteroatoms. The largest absolute Gasteiger partial charge is 0.457 e. The third kappa shape index (κ3) is 15.0. The van der Waals surface area contributed by atoms with E-state index in [-0.39, 0.29) is 0 Å². The van der Waals surface area contributed by atoms with Crippen LogP contribution in [0.1, 0.15) is 0 Å². The Bertz CT molecular complexity index is 6690. The fraction of sp³-hybridized carbons (Fsp3) is 0. The Morgan fingerprint density at radius 3 is 0.795 bits per heavy atom. The van der Waals surface area contributed by atoms with Crippen molar-refractivity contribution < 1.29 is 9.47 Å². The van der Waals surface area contributed by atoms with Crippen molar-refractivity contribution in [1.82, 2.24) is 34.9 Å². The van der Waals surface area contributed by atoms with Gasteiger partial charge in [-0.25, -0.2) is 4.98 Å². The summed E-state index contributed by atoms with van der Waals surface area (Å²) in [6.45, 7) is 0. The number of ether oxygens (including phenoxy) is 2. The first-order valence-electron chi connectivity index (χ1n) is 44.3. The molecule has 0 unspecified atom stereocenters. The van der Waals surface area contributed by atoms with E-state index in [1.165, 1.54) is 83.2 Å². The number of fused-ring (bicyclic) bond motifs is 6. The molecule has 0 spiro atoms. The predicted octanol–water partition coefficient (Wildman–Crippen LogP) is 20.6. The molecule has 0 fully saturated rings. The van der Waals surface area contributed by atoms with Gasteiger partial charge in [-0.1, -0.05) is 327 Å². The highest BCUT2D eigenvalue weighted by molar-refractivity contribution is 8.00. The van der Waals surface area contributed by atoms with Gasteiger partial charge in [-0.05, 0) is 222 Å². The maximum Gasteiger partial charge on any atom is 0.188 e. The Labute approximate surface area is 775 Å². The summed E-state index contributed by atoms with van der Waals surface area (Å²) in [4.78, 5) is 34.2. The van der Waals surface area contributed by atoms with E-state index in [1.807, 2.05) is 122 Å². The molecule has 3 aliphatic rings. The number of pyridine rings is 7. The van der Waals surface area contributed by atoms with E-state index < -0.39 is 24.2 Å². The Morgan fingerprint density at radius 1 is 0.189 bits per heavy atom. The molecule has 0 N–H and O–H groups in total. The molecule has 9 nitrogen and oxygen atoms in total. The zero-order valence-electron chi connectivity index (χ0n) is 71.8. The summed E-state index contributed by atoms with van der Waals surface area (Å²) in [6, 6.07) is 155. The van der Waals surface area contributed by atoms with E-state index in [2.05, 4.69) is 412 Å². The first kappa shape index (κ1) is 81.5. The van der Waals surface area contributed by atoms with E-state index >= 15 is 0 Å². The Balaban J connectivity index is 0.000000116. The van der Waals surface area contributed by atoms with Crippen molar-refractivity contribution in [2.24, 2.45) is 0 Å². The monoisotopic (exact) mass is 1760 g/mol. The number of para-hydroxylation sites is 4. The van der Waals surface area contributed by atoms with Gasteiger partial charge in [0.25, 0.3) is 0 Å². The number of hydrogen-bond donors (Lipinski definition) is 0. The second-order valence-electron chi connectivity index (χ2n) is 33.0. The molecule has 3 aliphatic heterocycles. The summed E-state index contributed by atoms with van der Waals surface area (Å²) in [5.74, 6) is 3.64. The van der Waals surface area contributed by atoms with Crippen molar-refractivity contribution in [2.45, 2.75) is 9.79 Å². The van der Waals surface area contributed by atoms with E-state index in [4.69, 9.17) is 14.5 Å². The van der Waals surface area contributed by atoms with Crippen LogP contribution in [0, 0.1) is 0 Å². The molecule has 0 bridgehead atoms. The van der Waals surface area contributed by atoms with E-state index in [9.17, 15) is 0 Å². The normalized spacial score (nSPS) is 13.0. The van der Waals surface area contributed by atoms with Gasteiger partial charge in [0.1, 0.15) is 23.0 Å².